The van der Waals surface area contributed by atoms with E-state index in [0.717, 1.165) is 33.8 Å². The Morgan fingerprint density at radius 1 is 0.970 bits per heavy atom. The van der Waals surface area contributed by atoms with Gasteiger partial charge >= 0.3 is 0 Å². The molecule has 2 N–H and O–H groups in total. The Bertz CT molecular complexity index is 1050. The summed E-state index contributed by atoms with van der Waals surface area (Å²) < 4.78 is 31.9. The van der Waals surface area contributed by atoms with Crippen LogP contribution in [0.15, 0.2) is 54.9 Å². The van der Waals surface area contributed by atoms with Gasteiger partial charge in [0, 0.05) is 55.6 Å². The van der Waals surface area contributed by atoms with Crippen molar-refractivity contribution in [1.82, 2.24) is 19.8 Å². The number of benzene rings is 2. The molecule has 6 nitrogen and oxygen atoms in total. The summed E-state index contributed by atoms with van der Waals surface area (Å²) in [7, 11) is 0. The fourth-order valence-electron chi connectivity index (χ4n) is 4.67. The van der Waals surface area contributed by atoms with E-state index in [1.165, 1.54) is 0 Å². The maximum Gasteiger partial charge on any atom is 0.241 e. The van der Waals surface area contributed by atoms with Gasteiger partial charge in [-0.2, -0.15) is 0 Å². The quantitative estimate of drug-likeness (QED) is 0.605. The topological polar surface area (TPSA) is 64.6 Å². The Kier molecular flexibility index (Phi) is 6.39. The maximum atomic E-state index is 13.0. The zero-order valence-electron chi connectivity index (χ0n) is 18.3. The van der Waals surface area contributed by atoms with Crippen LogP contribution in [-0.2, 0) is 6.54 Å². The number of hydrogen-bond acceptors (Lipinski definition) is 5. The van der Waals surface area contributed by atoms with Gasteiger partial charge in [-0.3, -0.25) is 9.80 Å². The number of nitrogens with zero attached hydrogens (tertiary/aromatic N) is 3. The van der Waals surface area contributed by atoms with E-state index in [1.807, 2.05) is 34.1 Å². The Balaban J connectivity index is 1.31. The first kappa shape index (κ1) is 22.0. The number of nitrogens with one attached hydrogen (secondary N) is 1. The molecule has 2 aromatic carbocycles. The average Bonchev–Trinajstić information content (AvgIpc) is 3.30. The van der Waals surface area contributed by atoms with Crippen molar-refractivity contribution >= 4 is 0 Å². The van der Waals surface area contributed by atoms with E-state index in [9.17, 15) is 13.9 Å². The average molecular weight is 455 g/mol. The van der Waals surface area contributed by atoms with E-state index in [0.29, 0.717) is 45.6 Å². The van der Waals surface area contributed by atoms with Gasteiger partial charge in [-0.15, -0.1) is 0 Å². The molecule has 1 atom stereocenters. The summed E-state index contributed by atoms with van der Waals surface area (Å²) in [5.74, 6) is 1.08. The molecule has 2 aliphatic rings. The highest BCUT2D eigenvalue weighted by Crippen LogP contribution is 2.32. The highest BCUT2D eigenvalue weighted by molar-refractivity contribution is 5.69. The number of hydrogen-bond donors (Lipinski definition) is 2. The van der Waals surface area contributed by atoms with Crippen LogP contribution in [0.4, 0.5) is 8.78 Å². The number of halogens is 2. The number of aliphatic hydroxyl groups excluding tert-OH is 1. The summed E-state index contributed by atoms with van der Waals surface area (Å²) >= 11 is 0. The first-order valence-electron chi connectivity index (χ1n) is 11.4. The summed E-state index contributed by atoms with van der Waals surface area (Å²) in [5, 5.41) is 11.0. The molecule has 8 heteroatoms. The van der Waals surface area contributed by atoms with Gasteiger partial charge in [0.05, 0.1) is 0 Å². The van der Waals surface area contributed by atoms with E-state index in [-0.39, 0.29) is 0 Å². The molecule has 3 aromatic rings. The monoisotopic (exact) mass is 454 g/mol. The second-order valence-electron chi connectivity index (χ2n) is 8.71. The maximum absolute atomic E-state index is 13.0. The summed E-state index contributed by atoms with van der Waals surface area (Å²) in [6.45, 7) is 2.51. The fourth-order valence-corrected chi connectivity index (χ4v) is 4.67. The predicted molar refractivity (Wildman–Crippen MR) is 122 cm³/mol. The molecule has 174 valence electrons. The van der Waals surface area contributed by atoms with Crippen molar-refractivity contribution in [2.24, 2.45) is 5.92 Å². The first-order chi connectivity index (χ1) is 16.1. The van der Waals surface area contributed by atoms with Crippen molar-refractivity contribution in [1.29, 1.82) is 0 Å². The minimum Gasteiger partial charge on any atom is -0.492 e. The number of aromatic amines is 1. The van der Waals surface area contributed by atoms with Gasteiger partial charge in [-0.1, -0.05) is 30.3 Å². The zero-order chi connectivity index (χ0) is 22.8. The van der Waals surface area contributed by atoms with E-state index >= 15 is 0 Å². The third-order valence-corrected chi connectivity index (χ3v) is 6.64. The Morgan fingerprint density at radius 2 is 1.70 bits per heavy atom. The molecule has 5 rings (SSSR count). The van der Waals surface area contributed by atoms with Crippen molar-refractivity contribution in [2.45, 2.75) is 32.2 Å². The van der Waals surface area contributed by atoms with E-state index < -0.39 is 18.7 Å². The molecule has 0 saturated carbocycles. The third-order valence-electron chi connectivity index (χ3n) is 6.64. The lowest BCUT2D eigenvalue weighted by Crippen LogP contribution is -2.51. The van der Waals surface area contributed by atoms with Gasteiger partial charge in [-0.05, 0) is 36.1 Å². The Labute approximate surface area is 191 Å². The highest BCUT2D eigenvalue weighted by Gasteiger charge is 2.32. The zero-order valence-corrected chi connectivity index (χ0v) is 18.3. The molecule has 1 aromatic heterocycles. The fraction of sp³-hybridized carbons (Fsp3) is 0.400. The molecule has 0 radical (unpaired) electrons. The second-order valence-corrected chi connectivity index (χ2v) is 8.71. The summed E-state index contributed by atoms with van der Waals surface area (Å²) in [6.07, 6.45) is 1.26. The van der Waals surface area contributed by atoms with Crippen molar-refractivity contribution in [3.8, 4) is 28.3 Å². The predicted octanol–water partition coefficient (Wildman–Crippen LogP) is 4.19. The van der Waals surface area contributed by atoms with Crippen molar-refractivity contribution in [3.63, 3.8) is 0 Å². The molecule has 0 bridgehead atoms. The van der Waals surface area contributed by atoms with E-state index in [4.69, 9.17) is 4.74 Å². The van der Waals surface area contributed by atoms with Gasteiger partial charge in [-0.25, -0.2) is 13.8 Å². The van der Waals surface area contributed by atoms with Crippen LogP contribution in [0, 0.1) is 5.92 Å². The van der Waals surface area contributed by atoms with E-state index in [2.05, 4.69) is 28.2 Å². The number of imidazole rings is 1. The van der Waals surface area contributed by atoms with Crippen LogP contribution in [0.1, 0.15) is 18.4 Å². The normalized spacial score (nSPS) is 19.2. The van der Waals surface area contributed by atoms with Crippen molar-refractivity contribution in [2.75, 3.05) is 26.2 Å². The van der Waals surface area contributed by atoms with Crippen molar-refractivity contribution < 1.29 is 18.6 Å². The molecule has 0 spiro atoms. The lowest BCUT2D eigenvalue weighted by Gasteiger charge is -2.39. The molecular weight excluding hydrogens is 426 g/mol. The van der Waals surface area contributed by atoms with Crippen LogP contribution in [-0.4, -0.2) is 63.9 Å². The van der Waals surface area contributed by atoms with Gasteiger partial charge in [0.2, 0.25) is 6.43 Å². The molecule has 2 aliphatic heterocycles. The standard InChI is InChI=1S/C25H28F2N4O2/c26-23(27)18-7-11-30(12-8-18)25(32)31-13-14-33-22-6-5-20(15-21(22)16-31)17-1-3-19(4-2-17)24-28-9-10-29-24/h1-6,9-10,15,18,23,25,32H,7-8,11-14,16H2,(H,28,29). The third kappa shape index (κ3) is 4.78. The first-order valence-corrected chi connectivity index (χ1v) is 11.4. The molecule has 0 amide bonds. The lowest BCUT2D eigenvalue weighted by atomic mass is 9.97. The van der Waals surface area contributed by atoms with Crippen LogP contribution in [0.25, 0.3) is 22.5 Å². The number of H-pyrrole nitrogens is 1. The second kappa shape index (κ2) is 9.59. The number of aromatic nitrogens is 2. The number of likely N-dealkylation sites (tertiary alicyclic amines) is 1. The number of ether oxygens (including phenoxy) is 1. The largest absolute Gasteiger partial charge is 0.492 e. The van der Waals surface area contributed by atoms with Crippen LogP contribution in [0.2, 0.25) is 0 Å². The van der Waals surface area contributed by atoms with Gasteiger partial charge in [0.25, 0.3) is 0 Å². The van der Waals surface area contributed by atoms with Crippen LogP contribution in [0.5, 0.6) is 5.75 Å². The number of fused-ring (bicyclic) bond motifs is 1. The summed E-state index contributed by atoms with van der Waals surface area (Å²) in [4.78, 5) is 11.3. The molecule has 0 aliphatic carbocycles. The summed E-state index contributed by atoms with van der Waals surface area (Å²) in [5.41, 5.74) is 4.17. The molecule has 1 unspecified atom stereocenters. The molecular formula is C25H28F2N4O2. The van der Waals surface area contributed by atoms with Crippen LogP contribution < -0.4 is 4.74 Å². The highest BCUT2D eigenvalue weighted by atomic mass is 19.3. The smallest absolute Gasteiger partial charge is 0.241 e. The van der Waals surface area contributed by atoms with Crippen LogP contribution >= 0.6 is 0 Å². The van der Waals surface area contributed by atoms with Crippen molar-refractivity contribution in [3.05, 3.63) is 60.4 Å². The Hall–Kier alpha value is -2.81. The number of rotatable bonds is 5. The minimum atomic E-state index is -2.28. The van der Waals surface area contributed by atoms with Gasteiger partial charge < -0.3 is 14.8 Å². The van der Waals surface area contributed by atoms with Crippen LogP contribution in [0.3, 0.4) is 0 Å². The SMILES string of the molecule is OC(N1CCC(C(F)F)CC1)N1CCOc2ccc(-c3ccc(-c4ncc[nH]4)cc3)cc2C1. The Morgan fingerprint density at radius 3 is 2.39 bits per heavy atom. The molecule has 1 fully saturated rings. The van der Waals surface area contributed by atoms with Gasteiger partial charge in [0.15, 0.2) is 6.35 Å². The number of aliphatic hydroxyl groups is 1. The number of alkyl halides is 2. The molecule has 1 saturated heterocycles. The van der Waals surface area contributed by atoms with Gasteiger partial charge in [0.1, 0.15) is 18.2 Å². The number of piperidine rings is 1. The lowest BCUT2D eigenvalue weighted by molar-refractivity contribution is -0.132. The molecule has 33 heavy (non-hydrogen) atoms. The van der Waals surface area contributed by atoms with E-state index in [1.54, 1.807) is 12.4 Å². The molecule has 3 heterocycles. The minimum absolute atomic E-state index is 0.411. The summed E-state index contributed by atoms with van der Waals surface area (Å²) in [6, 6.07) is 14.3.